The monoisotopic (exact) mass is 563 g/mol. The predicted octanol–water partition coefficient (Wildman–Crippen LogP) is 3.87. The minimum atomic E-state index is -3.65. The van der Waals surface area contributed by atoms with Crippen LogP contribution in [0.5, 0.6) is 11.5 Å². The number of sulfonamides is 1. The van der Waals surface area contributed by atoms with Crippen molar-refractivity contribution in [2.24, 2.45) is 0 Å². The summed E-state index contributed by atoms with van der Waals surface area (Å²) in [7, 11) is -3.65. The Kier molecular flexibility index (Phi) is 10.6. The highest BCUT2D eigenvalue weighted by Crippen LogP contribution is 2.34. The Balaban J connectivity index is 1.77. The highest BCUT2D eigenvalue weighted by atomic mass is 32.2. The van der Waals surface area contributed by atoms with Crippen LogP contribution in [-0.4, -0.2) is 63.2 Å². The van der Waals surface area contributed by atoms with E-state index in [1.54, 1.807) is 30.3 Å². The molecule has 0 bridgehead atoms. The third-order valence-electron chi connectivity index (χ3n) is 6.62. The number of fused-ring (bicyclic) bond motifs is 1. The first kappa shape index (κ1) is 30.2. The van der Waals surface area contributed by atoms with E-state index in [4.69, 9.17) is 9.47 Å². The molecule has 11 heteroatoms. The zero-order chi connectivity index (χ0) is 28.6. The second-order valence-electron chi connectivity index (χ2n) is 9.66. The number of carbonyl (C=O) groups excluding carboxylic acids is 2. The average molecular weight is 564 g/mol. The lowest BCUT2D eigenvalue weighted by molar-refractivity contribution is -0.141. The standard InChI is InChI=1S/C28H38FN3O6S/c1-5-20(3)30-28(34)24(6-2)31(19-21-9-11-22(29)12-10-21)27(33)8-7-15-32(39(4,35)36)23-13-14-25-26(18-23)38-17-16-37-25/h9-14,18,20,24H,5-8,15-17,19H2,1-4H3,(H,30,34)/t20-,24+/m1/s1. The summed E-state index contributed by atoms with van der Waals surface area (Å²) in [5, 5.41) is 2.95. The lowest BCUT2D eigenvalue weighted by Gasteiger charge is -2.32. The highest BCUT2D eigenvalue weighted by Gasteiger charge is 2.29. The van der Waals surface area contributed by atoms with Gasteiger partial charge in [0.2, 0.25) is 21.8 Å². The summed E-state index contributed by atoms with van der Waals surface area (Å²) >= 11 is 0. The number of halogens is 1. The van der Waals surface area contributed by atoms with Crippen LogP contribution in [0.3, 0.4) is 0 Å². The van der Waals surface area contributed by atoms with Gasteiger partial charge in [0.1, 0.15) is 25.1 Å². The number of benzene rings is 2. The SMILES string of the molecule is CC[C@@H](C)NC(=O)[C@H](CC)N(Cc1ccc(F)cc1)C(=O)CCCN(c1ccc2c(c1)OCCO2)S(C)(=O)=O. The molecule has 0 fully saturated rings. The summed E-state index contributed by atoms with van der Waals surface area (Å²) in [6.45, 7) is 6.67. The first-order chi connectivity index (χ1) is 18.5. The van der Waals surface area contributed by atoms with Crippen LogP contribution in [0.4, 0.5) is 10.1 Å². The molecule has 0 spiro atoms. The average Bonchev–Trinajstić information content (AvgIpc) is 2.90. The third kappa shape index (κ3) is 8.32. The van der Waals surface area contributed by atoms with Gasteiger partial charge in [0.05, 0.1) is 11.9 Å². The fourth-order valence-corrected chi connectivity index (χ4v) is 5.30. The highest BCUT2D eigenvalue weighted by molar-refractivity contribution is 7.92. The second-order valence-corrected chi connectivity index (χ2v) is 11.6. The lowest BCUT2D eigenvalue weighted by Crippen LogP contribution is -2.50. The van der Waals surface area contributed by atoms with Gasteiger partial charge in [0, 0.05) is 31.6 Å². The van der Waals surface area contributed by atoms with E-state index in [1.807, 2.05) is 20.8 Å². The topological polar surface area (TPSA) is 105 Å². The van der Waals surface area contributed by atoms with Gasteiger partial charge in [-0.1, -0.05) is 26.0 Å². The van der Waals surface area contributed by atoms with Gasteiger partial charge in [-0.15, -0.1) is 0 Å². The van der Waals surface area contributed by atoms with Crippen LogP contribution in [0, 0.1) is 5.82 Å². The van der Waals surface area contributed by atoms with Crippen LogP contribution in [-0.2, 0) is 26.2 Å². The third-order valence-corrected chi connectivity index (χ3v) is 7.81. The molecule has 214 valence electrons. The number of ether oxygens (including phenoxy) is 2. The van der Waals surface area contributed by atoms with E-state index in [1.165, 1.54) is 21.3 Å². The largest absolute Gasteiger partial charge is 0.486 e. The number of carbonyl (C=O) groups is 2. The Morgan fingerprint density at radius 1 is 1.03 bits per heavy atom. The summed E-state index contributed by atoms with van der Waals surface area (Å²) < 4.78 is 51.1. The van der Waals surface area contributed by atoms with Crippen molar-refractivity contribution in [3.63, 3.8) is 0 Å². The zero-order valence-electron chi connectivity index (χ0n) is 23.0. The molecule has 1 heterocycles. The van der Waals surface area contributed by atoms with Crippen molar-refractivity contribution in [2.45, 2.75) is 65.1 Å². The predicted molar refractivity (Wildman–Crippen MR) is 148 cm³/mol. The number of rotatable bonds is 13. The first-order valence-corrected chi connectivity index (χ1v) is 15.1. The van der Waals surface area contributed by atoms with Crippen molar-refractivity contribution in [3.05, 3.63) is 53.8 Å². The summed E-state index contributed by atoms with van der Waals surface area (Å²) in [6.07, 6.45) is 2.49. The van der Waals surface area contributed by atoms with Gasteiger partial charge < -0.3 is 19.7 Å². The number of nitrogens with zero attached hydrogens (tertiary/aromatic N) is 2. The van der Waals surface area contributed by atoms with Gasteiger partial charge in [-0.3, -0.25) is 13.9 Å². The van der Waals surface area contributed by atoms with Gasteiger partial charge in [0.25, 0.3) is 0 Å². The second kappa shape index (κ2) is 13.6. The number of anilines is 1. The number of nitrogens with one attached hydrogen (secondary N) is 1. The molecule has 1 aliphatic heterocycles. The van der Waals surface area contributed by atoms with Crippen molar-refractivity contribution in [1.29, 1.82) is 0 Å². The zero-order valence-corrected chi connectivity index (χ0v) is 23.8. The number of amides is 2. The molecule has 2 atom stereocenters. The minimum absolute atomic E-state index is 0.0187. The molecular formula is C28H38FN3O6S. The maximum Gasteiger partial charge on any atom is 0.243 e. The van der Waals surface area contributed by atoms with E-state index in [0.717, 1.165) is 12.7 Å². The van der Waals surface area contributed by atoms with Crippen molar-refractivity contribution in [2.75, 3.05) is 30.3 Å². The molecule has 0 radical (unpaired) electrons. The Morgan fingerprint density at radius 2 is 1.69 bits per heavy atom. The summed E-state index contributed by atoms with van der Waals surface area (Å²) in [5.74, 6) is 0.0778. The Bertz CT molecular complexity index is 1240. The van der Waals surface area contributed by atoms with Crippen molar-refractivity contribution < 1.29 is 31.9 Å². The first-order valence-electron chi connectivity index (χ1n) is 13.2. The van der Waals surface area contributed by atoms with Crippen LogP contribution in [0.15, 0.2) is 42.5 Å². The van der Waals surface area contributed by atoms with Gasteiger partial charge in [-0.2, -0.15) is 0 Å². The quantitative estimate of drug-likeness (QED) is 0.397. The van der Waals surface area contributed by atoms with Crippen LogP contribution >= 0.6 is 0 Å². The molecule has 3 rings (SSSR count). The molecule has 39 heavy (non-hydrogen) atoms. The molecular weight excluding hydrogens is 525 g/mol. The Morgan fingerprint density at radius 3 is 2.31 bits per heavy atom. The molecule has 0 saturated carbocycles. The molecule has 2 aromatic carbocycles. The Hall–Kier alpha value is -3.34. The van der Waals surface area contributed by atoms with E-state index in [9.17, 15) is 22.4 Å². The molecule has 0 unspecified atom stereocenters. The molecule has 1 aliphatic rings. The normalized spacial score (nSPS) is 14.3. The molecule has 9 nitrogen and oxygen atoms in total. The minimum Gasteiger partial charge on any atom is -0.486 e. The van der Waals surface area contributed by atoms with Crippen molar-refractivity contribution in [1.82, 2.24) is 10.2 Å². The van der Waals surface area contributed by atoms with Crippen LogP contribution in [0.25, 0.3) is 0 Å². The molecule has 2 amide bonds. The summed E-state index contributed by atoms with van der Waals surface area (Å²) in [6, 6.07) is 9.95. The number of hydrogen-bond donors (Lipinski definition) is 1. The van der Waals surface area contributed by atoms with Gasteiger partial charge in [-0.05, 0) is 56.0 Å². The molecule has 1 N–H and O–H groups in total. The van der Waals surface area contributed by atoms with Crippen molar-refractivity contribution >= 4 is 27.5 Å². The van der Waals surface area contributed by atoms with Gasteiger partial charge in [0.15, 0.2) is 11.5 Å². The lowest BCUT2D eigenvalue weighted by atomic mass is 10.1. The fourth-order valence-electron chi connectivity index (χ4n) is 4.34. The molecule has 0 aromatic heterocycles. The maximum atomic E-state index is 13.5. The van der Waals surface area contributed by atoms with Crippen molar-refractivity contribution in [3.8, 4) is 11.5 Å². The smallest absolute Gasteiger partial charge is 0.243 e. The molecule has 0 saturated heterocycles. The summed E-state index contributed by atoms with van der Waals surface area (Å²) in [5.41, 5.74) is 1.10. The fraction of sp³-hybridized carbons (Fsp3) is 0.500. The van der Waals surface area contributed by atoms with Gasteiger partial charge in [-0.25, -0.2) is 12.8 Å². The van der Waals surface area contributed by atoms with E-state index < -0.39 is 21.9 Å². The summed E-state index contributed by atoms with van der Waals surface area (Å²) in [4.78, 5) is 28.1. The van der Waals surface area contributed by atoms with E-state index in [0.29, 0.717) is 42.4 Å². The van der Waals surface area contributed by atoms with E-state index in [-0.39, 0.29) is 43.8 Å². The molecule has 0 aliphatic carbocycles. The maximum absolute atomic E-state index is 13.5. The van der Waals surface area contributed by atoms with E-state index in [2.05, 4.69) is 5.32 Å². The van der Waals surface area contributed by atoms with Crippen LogP contribution in [0.2, 0.25) is 0 Å². The van der Waals surface area contributed by atoms with E-state index >= 15 is 0 Å². The Labute approximate surface area is 230 Å². The van der Waals surface area contributed by atoms with Gasteiger partial charge >= 0.3 is 0 Å². The number of hydrogen-bond acceptors (Lipinski definition) is 6. The van der Waals surface area contributed by atoms with Crippen LogP contribution < -0.4 is 19.1 Å². The molecule has 2 aromatic rings. The van der Waals surface area contributed by atoms with Crippen LogP contribution in [0.1, 0.15) is 52.0 Å².